The largest absolute Gasteiger partial charge is 0.383 e. The van der Waals surface area contributed by atoms with Crippen molar-refractivity contribution >= 4 is 5.91 Å². The Morgan fingerprint density at radius 1 is 1.33 bits per heavy atom. The minimum Gasteiger partial charge on any atom is -0.383 e. The maximum Gasteiger partial charge on any atom is 0.223 e. The topological polar surface area (TPSA) is 68.0 Å². The molecular formula is C17H27N3O4. The zero-order chi connectivity index (χ0) is 17.2. The Morgan fingerprint density at radius 2 is 2.17 bits per heavy atom. The molecule has 0 aromatic carbocycles. The Morgan fingerprint density at radius 3 is 2.88 bits per heavy atom. The van der Waals surface area contributed by atoms with Gasteiger partial charge >= 0.3 is 0 Å². The van der Waals surface area contributed by atoms with E-state index in [4.69, 9.17) is 14.0 Å². The minimum absolute atomic E-state index is 0.125. The van der Waals surface area contributed by atoms with E-state index >= 15 is 0 Å². The van der Waals surface area contributed by atoms with Crippen LogP contribution in [0.1, 0.15) is 23.4 Å². The van der Waals surface area contributed by atoms with Gasteiger partial charge in [-0.3, -0.25) is 9.69 Å². The van der Waals surface area contributed by atoms with E-state index in [0.29, 0.717) is 32.8 Å². The predicted molar refractivity (Wildman–Crippen MR) is 87.6 cm³/mol. The zero-order valence-corrected chi connectivity index (χ0v) is 14.8. The van der Waals surface area contributed by atoms with Gasteiger partial charge in [0.25, 0.3) is 0 Å². The highest BCUT2D eigenvalue weighted by Crippen LogP contribution is 2.35. The van der Waals surface area contributed by atoms with Crippen LogP contribution in [0.5, 0.6) is 0 Å². The minimum atomic E-state index is -0.125. The molecule has 24 heavy (non-hydrogen) atoms. The molecule has 3 rings (SSSR count). The molecule has 1 aromatic heterocycles. The molecule has 2 fully saturated rings. The summed E-state index contributed by atoms with van der Waals surface area (Å²) in [7, 11) is 1.72. The van der Waals surface area contributed by atoms with E-state index in [1.807, 2.05) is 18.7 Å². The molecule has 0 radical (unpaired) electrons. The second-order valence-corrected chi connectivity index (χ2v) is 7.05. The fraction of sp³-hybridized carbons (Fsp3) is 0.765. The Kier molecular flexibility index (Phi) is 5.22. The number of amides is 1. The lowest BCUT2D eigenvalue weighted by molar-refractivity contribution is -0.128. The number of rotatable bonds is 5. The van der Waals surface area contributed by atoms with Crippen molar-refractivity contribution in [3.05, 3.63) is 17.0 Å². The van der Waals surface area contributed by atoms with Gasteiger partial charge in [0, 0.05) is 50.7 Å². The highest BCUT2D eigenvalue weighted by molar-refractivity contribution is 5.79. The number of hydrogen-bond donors (Lipinski definition) is 0. The maximum absolute atomic E-state index is 12.6. The van der Waals surface area contributed by atoms with Crippen molar-refractivity contribution in [2.75, 3.05) is 53.1 Å². The molecule has 0 bridgehead atoms. The first-order valence-corrected chi connectivity index (χ1v) is 8.51. The number of methoxy groups -OCH3 is 1. The van der Waals surface area contributed by atoms with Gasteiger partial charge in [0.15, 0.2) is 0 Å². The molecule has 2 saturated heterocycles. The SMILES string of the molecule is COCCN1CCOC[C@@]2(CC(=O)N(Cc3c(C)noc3C)C2)C1. The van der Waals surface area contributed by atoms with Crippen molar-refractivity contribution in [1.29, 1.82) is 0 Å². The first-order chi connectivity index (χ1) is 11.5. The predicted octanol–water partition coefficient (Wildman–Crippen LogP) is 0.989. The van der Waals surface area contributed by atoms with E-state index < -0.39 is 0 Å². The van der Waals surface area contributed by atoms with Crippen LogP contribution in [0.3, 0.4) is 0 Å². The van der Waals surface area contributed by atoms with Crippen molar-refractivity contribution in [2.24, 2.45) is 5.41 Å². The molecule has 0 N–H and O–H groups in total. The molecule has 3 heterocycles. The molecule has 0 aliphatic carbocycles. The summed E-state index contributed by atoms with van der Waals surface area (Å²) in [4.78, 5) is 16.9. The summed E-state index contributed by atoms with van der Waals surface area (Å²) in [5, 5.41) is 3.99. The summed E-state index contributed by atoms with van der Waals surface area (Å²) in [6.07, 6.45) is 0.542. The molecule has 2 aliphatic heterocycles. The number of hydrogen-bond acceptors (Lipinski definition) is 6. The van der Waals surface area contributed by atoms with Crippen molar-refractivity contribution in [2.45, 2.75) is 26.8 Å². The second-order valence-electron chi connectivity index (χ2n) is 7.05. The van der Waals surface area contributed by atoms with Gasteiger partial charge in [-0.05, 0) is 13.8 Å². The van der Waals surface area contributed by atoms with Crippen molar-refractivity contribution < 1.29 is 18.8 Å². The van der Waals surface area contributed by atoms with Crippen LogP contribution in [0.25, 0.3) is 0 Å². The van der Waals surface area contributed by atoms with Crippen LogP contribution in [0, 0.1) is 19.3 Å². The summed E-state index contributed by atoms with van der Waals surface area (Å²) in [5.41, 5.74) is 1.76. The summed E-state index contributed by atoms with van der Waals surface area (Å²) in [5.74, 6) is 0.979. The van der Waals surface area contributed by atoms with Gasteiger partial charge in [-0.15, -0.1) is 0 Å². The number of aromatic nitrogens is 1. The Labute approximate surface area is 142 Å². The van der Waals surface area contributed by atoms with Crippen LogP contribution in [0.15, 0.2) is 4.52 Å². The van der Waals surface area contributed by atoms with Crippen molar-refractivity contribution in [3.63, 3.8) is 0 Å². The van der Waals surface area contributed by atoms with Gasteiger partial charge in [0.1, 0.15) is 5.76 Å². The lowest BCUT2D eigenvalue weighted by atomic mass is 9.87. The standard InChI is InChI=1S/C17H27N3O4/c1-13-15(14(2)24-18-13)9-20-11-17(8-16(20)21)10-19(4-6-22-3)5-7-23-12-17/h4-12H2,1-3H3/t17-/m0/s1. The average Bonchev–Trinajstić information content (AvgIpc) is 2.94. The molecular weight excluding hydrogens is 310 g/mol. The first kappa shape index (κ1) is 17.4. The molecule has 7 nitrogen and oxygen atoms in total. The zero-order valence-electron chi connectivity index (χ0n) is 14.8. The highest BCUT2D eigenvalue weighted by Gasteiger charge is 2.45. The summed E-state index contributed by atoms with van der Waals surface area (Å²) >= 11 is 0. The number of ether oxygens (including phenoxy) is 2. The molecule has 1 spiro atoms. The van der Waals surface area contributed by atoms with Gasteiger partial charge in [-0.2, -0.15) is 0 Å². The van der Waals surface area contributed by atoms with E-state index in [1.165, 1.54) is 0 Å². The number of carbonyl (C=O) groups excluding carboxylic acids is 1. The Balaban J connectivity index is 1.70. The maximum atomic E-state index is 12.6. The van der Waals surface area contributed by atoms with Crippen molar-refractivity contribution in [1.82, 2.24) is 15.0 Å². The quantitative estimate of drug-likeness (QED) is 0.798. The first-order valence-electron chi connectivity index (χ1n) is 8.51. The number of aryl methyl sites for hydroxylation is 2. The molecule has 1 amide bonds. The molecule has 7 heteroatoms. The van der Waals surface area contributed by atoms with Crippen molar-refractivity contribution in [3.8, 4) is 0 Å². The van der Waals surface area contributed by atoms with E-state index in [2.05, 4.69) is 10.1 Å². The van der Waals surface area contributed by atoms with Gasteiger partial charge < -0.3 is 18.9 Å². The van der Waals surface area contributed by atoms with Crippen LogP contribution < -0.4 is 0 Å². The number of likely N-dealkylation sites (tertiary alicyclic amines) is 1. The molecule has 134 valence electrons. The van der Waals surface area contributed by atoms with Crippen LogP contribution in [0.2, 0.25) is 0 Å². The fourth-order valence-corrected chi connectivity index (χ4v) is 3.74. The highest BCUT2D eigenvalue weighted by atomic mass is 16.5. The third kappa shape index (κ3) is 3.63. The summed E-state index contributed by atoms with van der Waals surface area (Å²) in [6.45, 7) is 9.80. The summed E-state index contributed by atoms with van der Waals surface area (Å²) in [6, 6.07) is 0. The van der Waals surface area contributed by atoms with E-state index in [-0.39, 0.29) is 11.3 Å². The van der Waals surface area contributed by atoms with Crippen LogP contribution >= 0.6 is 0 Å². The summed E-state index contributed by atoms with van der Waals surface area (Å²) < 4.78 is 16.3. The third-order valence-corrected chi connectivity index (χ3v) is 5.07. The van der Waals surface area contributed by atoms with Gasteiger partial charge in [0.05, 0.1) is 32.1 Å². The van der Waals surface area contributed by atoms with Gasteiger partial charge in [-0.25, -0.2) is 0 Å². The second kappa shape index (κ2) is 7.21. The number of carbonyl (C=O) groups is 1. The monoisotopic (exact) mass is 337 g/mol. The lowest BCUT2D eigenvalue weighted by Crippen LogP contribution is -2.41. The Bertz CT molecular complexity index is 569. The molecule has 1 atom stereocenters. The van der Waals surface area contributed by atoms with E-state index in [0.717, 1.165) is 43.2 Å². The van der Waals surface area contributed by atoms with E-state index in [1.54, 1.807) is 7.11 Å². The number of nitrogens with zero attached hydrogens (tertiary/aromatic N) is 3. The van der Waals surface area contributed by atoms with Gasteiger partial charge in [-0.1, -0.05) is 5.16 Å². The average molecular weight is 337 g/mol. The fourth-order valence-electron chi connectivity index (χ4n) is 3.74. The lowest BCUT2D eigenvalue weighted by Gasteiger charge is -2.31. The molecule has 0 unspecified atom stereocenters. The third-order valence-electron chi connectivity index (χ3n) is 5.07. The van der Waals surface area contributed by atoms with Crippen LogP contribution in [-0.2, 0) is 20.8 Å². The molecule has 2 aliphatic rings. The molecule has 1 aromatic rings. The normalized spacial score (nSPS) is 25.6. The Hall–Kier alpha value is -1.44. The smallest absolute Gasteiger partial charge is 0.223 e. The van der Waals surface area contributed by atoms with Crippen LogP contribution in [-0.4, -0.2) is 74.0 Å². The van der Waals surface area contributed by atoms with Crippen LogP contribution in [0.4, 0.5) is 0 Å². The van der Waals surface area contributed by atoms with Gasteiger partial charge in [0.2, 0.25) is 5.91 Å². The molecule has 0 saturated carbocycles. The van der Waals surface area contributed by atoms with E-state index in [9.17, 15) is 4.79 Å².